The van der Waals surface area contributed by atoms with Gasteiger partial charge in [-0.1, -0.05) is 0 Å². The smallest absolute Gasteiger partial charge is 0.282 e. The number of aromatic nitrogens is 2. The van der Waals surface area contributed by atoms with Crippen molar-refractivity contribution in [3.63, 3.8) is 0 Å². The van der Waals surface area contributed by atoms with E-state index in [1.54, 1.807) is 25.1 Å². The molecule has 0 bridgehead atoms. The fraction of sp³-hybridized carbons (Fsp3) is 0.560. The summed E-state index contributed by atoms with van der Waals surface area (Å²) in [4.78, 5) is 25.4. The molecule has 2 aromatic rings. The van der Waals surface area contributed by atoms with Gasteiger partial charge in [0.25, 0.3) is 11.8 Å². The number of sulfonamides is 1. The highest BCUT2D eigenvalue weighted by atomic mass is 32.2. The van der Waals surface area contributed by atoms with Gasteiger partial charge in [-0.3, -0.25) is 9.52 Å². The number of hydrogen-bond acceptors (Lipinski definition) is 8. The number of piperidine rings is 1. The van der Waals surface area contributed by atoms with E-state index in [0.717, 1.165) is 25.9 Å². The monoisotopic (exact) mass is 550 g/mol. The first-order chi connectivity index (χ1) is 17.8. The summed E-state index contributed by atoms with van der Waals surface area (Å²) >= 11 is 0. The van der Waals surface area contributed by atoms with Crippen molar-refractivity contribution in [1.29, 1.82) is 0 Å². The van der Waals surface area contributed by atoms with Crippen LogP contribution in [0.1, 0.15) is 48.7 Å². The van der Waals surface area contributed by atoms with Gasteiger partial charge in [-0.25, -0.2) is 22.2 Å². The van der Waals surface area contributed by atoms with E-state index in [-0.39, 0.29) is 11.8 Å². The number of carbonyl (C=O) groups is 1. The van der Waals surface area contributed by atoms with Crippen LogP contribution in [0, 0.1) is 12.3 Å². The molecule has 0 unspecified atom stereocenters. The molecule has 1 spiro atoms. The lowest BCUT2D eigenvalue weighted by atomic mass is 9.93. The standard InChI is InChI=1S/C25H32F2N6O4S/c1-16-11-21(30-23(28-16)33-14-25(26,27)15-33)29-22(35)19-4-3-18(31-38(36,37)13-17(2)34)12-20(19)32-9-7-24(5-6-24)8-10-32/h3-4,11-12,17,31,34H,5-10,13-15H2,1-2H3,(H,28,29,30,35)/t17-/m1/s1. The van der Waals surface area contributed by atoms with Gasteiger partial charge < -0.3 is 20.2 Å². The van der Waals surface area contributed by atoms with Crippen molar-refractivity contribution >= 4 is 39.1 Å². The van der Waals surface area contributed by atoms with E-state index in [4.69, 9.17) is 0 Å². The van der Waals surface area contributed by atoms with E-state index in [1.807, 2.05) is 0 Å². The molecule has 2 saturated heterocycles. The molecule has 3 N–H and O–H groups in total. The summed E-state index contributed by atoms with van der Waals surface area (Å²) in [5, 5.41) is 12.3. The topological polar surface area (TPSA) is 128 Å². The molecule has 0 radical (unpaired) electrons. The second kappa shape index (κ2) is 9.60. The van der Waals surface area contributed by atoms with Crippen LogP contribution in [0.15, 0.2) is 24.3 Å². The number of carbonyl (C=O) groups excluding carboxylic acids is 1. The van der Waals surface area contributed by atoms with E-state index < -0.39 is 46.8 Å². The SMILES string of the molecule is Cc1cc(NC(=O)c2ccc(NS(=O)(=O)C[C@@H](C)O)cc2N2CCC3(CC2)CC3)nc(N2CC(F)(F)C2)n1. The fourth-order valence-corrected chi connectivity index (χ4v) is 6.29. The predicted molar refractivity (Wildman–Crippen MR) is 141 cm³/mol. The molecule has 10 nitrogen and oxygen atoms in total. The highest BCUT2D eigenvalue weighted by molar-refractivity contribution is 7.92. The van der Waals surface area contributed by atoms with Crippen LogP contribution in [0.25, 0.3) is 0 Å². The van der Waals surface area contributed by atoms with Gasteiger partial charge in [0, 0.05) is 24.8 Å². The number of amides is 1. The molecule has 1 aromatic heterocycles. The number of hydrogen-bond donors (Lipinski definition) is 3. The Hall–Kier alpha value is -3.06. The Morgan fingerprint density at radius 2 is 1.79 bits per heavy atom. The number of nitrogens with zero attached hydrogens (tertiary/aromatic N) is 4. The van der Waals surface area contributed by atoms with Gasteiger partial charge in [0.05, 0.1) is 41.9 Å². The molecule has 38 heavy (non-hydrogen) atoms. The summed E-state index contributed by atoms with van der Waals surface area (Å²) in [6.07, 6.45) is 3.40. The van der Waals surface area contributed by atoms with Crippen molar-refractivity contribution in [2.24, 2.45) is 5.41 Å². The van der Waals surface area contributed by atoms with Gasteiger partial charge in [0.1, 0.15) is 5.82 Å². The average molecular weight is 551 g/mol. The molecule has 1 aliphatic carbocycles. The zero-order valence-corrected chi connectivity index (χ0v) is 22.2. The van der Waals surface area contributed by atoms with E-state index >= 15 is 0 Å². The molecule has 3 fully saturated rings. The molecule has 1 aromatic carbocycles. The third-order valence-corrected chi connectivity index (χ3v) is 8.78. The lowest BCUT2D eigenvalue weighted by Crippen LogP contribution is -2.57. The molecule has 206 valence electrons. The number of nitrogens with one attached hydrogen (secondary N) is 2. The molecule has 5 rings (SSSR count). The van der Waals surface area contributed by atoms with E-state index in [2.05, 4.69) is 24.9 Å². The Kier molecular flexibility index (Phi) is 6.70. The molecular weight excluding hydrogens is 518 g/mol. The number of alkyl halides is 2. The van der Waals surface area contributed by atoms with Crippen molar-refractivity contribution in [2.45, 2.75) is 51.6 Å². The van der Waals surface area contributed by atoms with E-state index in [0.29, 0.717) is 28.0 Å². The number of aliphatic hydroxyl groups excluding tert-OH is 1. The van der Waals surface area contributed by atoms with Gasteiger partial charge in [0.2, 0.25) is 16.0 Å². The minimum atomic E-state index is -3.79. The molecule has 3 aliphatic rings. The van der Waals surface area contributed by atoms with Crippen LogP contribution in [-0.4, -0.2) is 73.4 Å². The second-order valence-electron chi connectivity index (χ2n) is 10.8. The number of aliphatic hydroxyl groups is 1. The van der Waals surface area contributed by atoms with Crippen LogP contribution in [0.5, 0.6) is 0 Å². The molecule has 13 heteroatoms. The third-order valence-electron chi connectivity index (χ3n) is 7.31. The van der Waals surface area contributed by atoms with Crippen LogP contribution < -0.4 is 19.8 Å². The average Bonchev–Trinajstić information content (AvgIpc) is 3.55. The highest BCUT2D eigenvalue weighted by Crippen LogP contribution is 2.54. The predicted octanol–water partition coefficient (Wildman–Crippen LogP) is 3.00. The largest absolute Gasteiger partial charge is 0.392 e. The van der Waals surface area contributed by atoms with Crippen LogP contribution >= 0.6 is 0 Å². The fourth-order valence-electron chi connectivity index (χ4n) is 5.08. The second-order valence-corrected chi connectivity index (χ2v) is 12.6. The maximum absolute atomic E-state index is 13.4. The highest BCUT2D eigenvalue weighted by Gasteiger charge is 2.46. The van der Waals surface area contributed by atoms with E-state index in [1.165, 1.54) is 30.7 Å². The van der Waals surface area contributed by atoms with Crippen LogP contribution in [-0.2, 0) is 10.0 Å². The first-order valence-electron chi connectivity index (χ1n) is 12.7. The summed E-state index contributed by atoms with van der Waals surface area (Å²) < 4.78 is 54.0. The molecule has 2 aliphatic heterocycles. The molecule has 1 amide bonds. The lowest BCUT2D eigenvalue weighted by Gasteiger charge is -2.38. The lowest BCUT2D eigenvalue weighted by molar-refractivity contribution is -0.0271. The van der Waals surface area contributed by atoms with Crippen LogP contribution in [0.3, 0.4) is 0 Å². The molecular formula is C25H32F2N6O4S. The number of rotatable bonds is 8. The number of halogens is 2. The van der Waals surface area contributed by atoms with Gasteiger partial charge >= 0.3 is 0 Å². The summed E-state index contributed by atoms with van der Waals surface area (Å²) in [7, 11) is -3.79. The summed E-state index contributed by atoms with van der Waals surface area (Å²) in [5.74, 6) is -3.37. The van der Waals surface area contributed by atoms with Crippen molar-refractivity contribution in [3.8, 4) is 0 Å². The zero-order chi connectivity index (χ0) is 27.3. The van der Waals surface area contributed by atoms with Crippen molar-refractivity contribution < 1.29 is 27.1 Å². The van der Waals surface area contributed by atoms with Crippen LogP contribution in [0.4, 0.5) is 31.9 Å². The Morgan fingerprint density at radius 3 is 2.39 bits per heavy atom. The normalized spacial score (nSPS) is 20.6. The maximum atomic E-state index is 13.4. The molecule has 1 saturated carbocycles. The summed E-state index contributed by atoms with van der Waals surface area (Å²) in [5.41, 5.74) is 2.14. The van der Waals surface area contributed by atoms with Gasteiger partial charge in [0.15, 0.2) is 0 Å². The quantitative estimate of drug-likeness (QED) is 0.458. The first-order valence-corrected chi connectivity index (χ1v) is 14.3. The Morgan fingerprint density at radius 1 is 1.11 bits per heavy atom. The minimum Gasteiger partial charge on any atom is -0.392 e. The maximum Gasteiger partial charge on any atom is 0.282 e. The Bertz CT molecular complexity index is 1330. The zero-order valence-electron chi connectivity index (χ0n) is 21.4. The Labute approximate surface area is 220 Å². The molecule has 1 atom stereocenters. The molecule has 3 heterocycles. The van der Waals surface area contributed by atoms with Gasteiger partial charge in [-0.15, -0.1) is 0 Å². The van der Waals surface area contributed by atoms with Gasteiger partial charge in [-0.05, 0) is 63.1 Å². The van der Waals surface area contributed by atoms with Crippen molar-refractivity contribution in [2.75, 3.05) is 51.8 Å². The minimum absolute atomic E-state index is 0.125. The number of aryl methyl sites for hydroxylation is 1. The van der Waals surface area contributed by atoms with Crippen LogP contribution in [0.2, 0.25) is 0 Å². The van der Waals surface area contributed by atoms with Crippen molar-refractivity contribution in [1.82, 2.24) is 9.97 Å². The number of anilines is 4. The van der Waals surface area contributed by atoms with Gasteiger partial charge in [-0.2, -0.15) is 4.98 Å². The number of benzene rings is 1. The summed E-state index contributed by atoms with van der Waals surface area (Å²) in [6, 6.07) is 6.26. The third kappa shape index (κ3) is 5.98. The van der Waals surface area contributed by atoms with E-state index in [9.17, 15) is 27.1 Å². The Balaban J connectivity index is 1.40. The van der Waals surface area contributed by atoms with Crippen molar-refractivity contribution in [3.05, 3.63) is 35.5 Å². The summed E-state index contributed by atoms with van der Waals surface area (Å²) in [6.45, 7) is 3.62. The first kappa shape index (κ1) is 26.5.